The third kappa shape index (κ3) is 3.27. The number of benzene rings is 1. The molecule has 0 radical (unpaired) electrons. The Labute approximate surface area is 136 Å². The molecule has 0 amide bonds. The fraction of sp³-hybridized carbons (Fsp3) is 0.353. The molecule has 0 aromatic heterocycles. The third-order valence-corrected chi connectivity index (χ3v) is 3.79. The smallest absolute Gasteiger partial charge is 0.182 e. The first-order valence-corrected chi connectivity index (χ1v) is 7.27. The Kier molecular flexibility index (Phi) is 4.29. The standard InChI is InChI=1S/C17H20N6/c1-17(2,3)12-6-4-11(5-7-12)10-23-14(9-19)15(20)22-13(8-18)16(23)21/h4-7,14H,10,21H2,1-3H3,(H2,20,22). The number of nitriles is 2. The summed E-state index contributed by atoms with van der Waals surface area (Å²) in [4.78, 5) is 5.50. The number of amidine groups is 1. The van der Waals surface area contributed by atoms with Gasteiger partial charge in [0.1, 0.15) is 17.7 Å². The van der Waals surface area contributed by atoms with Gasteiger partial charge in [-0.15, -0.1) is 0 Å². The summed E-state index contributed by atoms with van der Waals surface area (Å²) in [6, 6.07) is 11.3. The van der Waals surface area contributed by atoms with Gasteiger partial charge in [0, 0.05) is 6.54 Å². The van der Waals surface area contributed by atoms with Crippen molar-refractivity contribution >= 4 is 5.84 Å². The molecule has 0 saturated carbocycles. The predicted octanol–water partition coefficient (Wildman–Crippen LogP) is 1.70. The Morgan fingerprint density at radius 1 is 1.17 bits per heavy atom. The Balaban J connectivity index is 2.31. The summed E-state index contributed by atoms with van der Waals surface area (Å²) in [5.41, 5.74) is 14.1. The van der Waals surface area contributed by atoms with Crippen LogP contribution in [0.2, 0.25) is 0 Å². The number of allylic oxidation sites excluding steroid dienone is 1. The van der Waals surface area contributed by atoms with Crippen molar-refractivity contribution in [1.29, 1.82) is 10.5 Å². The van der Waals surface area contributed by atoms with E-state index in [-0.39, 0.29) is 22.8 Å². The molecule has 0 bridgehead atoms. The molecular formula is C17H20N6. The van der Waals surface area contributed by atoms with Crippen molar-refractivity contribution in [3.05, 3.63) is 46.9 Å². The molecule has 1 aromatic carbocycles. The summed E-state index contributed by atoms with van der Waals surface area (Å²) in [5, 5.41) is 18.4. The van der Waals surface area contributed by atoms with Gasteiger partial charge in [0.25, 0.3) is 0 Å². The van der Waals surface area contributed by atoms with Crippen LogP contribution in [-0.4, -0.2) is 16.8 Å². The third-order valence-electron chi connectivity index (χ3n) is 3.79. The van der Waals surface area contributed by atoms with Gasteiger partial charge < -0.3 is 16.4 Å². The molecule has 1 aliphatic rings. The summed E-state index contributed by atoms with van der Waals surface area (Å²) in [5.74, 6) is 0.262. The minimum absolute atomic E-state index is 0.0420. The molecule has 0 saturated heterocycles. The van der Waals surface area contributed by atoms with Crippen LogP contribution in [0.5, 0.6) is 0 Å². The second-order valence-corrected chi connectivity index (χ2v) is 6.49. The van der Waals surface area contributed by atoms with Crippen LogP contribution in [0.15, 0.2) is 40.8 Å². The number of nitrogens with zero attached hydrogens (tertiary/aromatic N) is 4. The summed E-state index contributed by atoms with van der Waals surface area (Å²) >= 11 is 0. The zero-order valence-corrected chi connectivity index (χ0v) is 13.5. The highest BCUT2D eigenvalue weighted by Gasteiger charge is 2.29. The lowest BCUT2D eigenvalue weighted by Crippen LogP contribution is -2.47. The van der Waals surface area contributed by atoms with Crippen LogP contribution in [0.1, 0.15) is 31.9 Å². The summed E-state index contributed by atoms with van der Waals surface area (Å²) in [6.45, 7) is 6.83. The van der Waals surface area contributed by atoms with Gasteiger partial charge >= 0.3 is 0 Å². The molecule has 1 atom stereocenters. The zero-order chi connectivity index (χ0) is 17.2. The monoisotopic (exact) mass is 308 g/mol. The maximum atomic E-state index is 9.32. The van der Waals surface area contributed by atoms with Crippen molar-refractivity contribution in [3.63, 3.8) is 0 Å². The van der Waals surface area contributed by atoms with E-state index in [1.54, 1.807) is 4.90 Å². The van der Waals surface area contributed by atoms with Crippen molar-refractivity contribution in [2.75, 3.05) is 0 Å². The first kappa shape index (κ1) is 16.4. The maximum Gasteiger partial charge on any atom is 0.182 e. The Hall–Kier alpha value is -2.99. The Bertz CT molecular complexity index is 737. The zero-order valence-electron chi connectivity index (χ0n) is 13.5. The molecular weight excluding hydrogens is 288 g/mol. The van der Waals surface area contributed by atoms with Gasteiger partial charge in [-0.1, -0.05) is 45.0 Å². The minimum atomic E-state index is -0.769. The lowest BCUT2D eigenvalue weighted by Gasteiger charge is -2.32. The first-order chi connectivity index (χ1) is 10.8. The van der Waals surface area contributed by atoms with Gasteiger partial charge in [-0.3, -0.25) is 0 Å². The number of aliphatic imine (C=N–C) groups is 1. The molecule has 1 aliphatic heterocycles. The number of hydrogen-bond donors (Lipinski definition) is 2. The summed E-state index contributed by atoms with van der Waals surface area (Å²) < 4.78 is 0. The molecule has 6 heteroatoms. The van der Waals surface area contributed by atoms with E-state index in [1.807, 2.05) is 18.2 Å². The maximum absolute atomic E-state index is 9.32. The van der Waals surface area contributed by atoms with E-state index in [0.717, 1.165) is 5.56 Å². The van der Waals surface area contributed by atoms with Gasteiger partial charge in [0.2, 0.25) is 0 Å². The highest BCUT2D eigenvalue weighted by molar-refractivity contribution is 5.90. The van der Waals surface area contributed by atoms with E-state index in [4.69, 9.17) is 16.7 Å². The lowest BCUT2D eigenvalue weighted by atomic mass is 9.86. The lowest BCUT2D eigenvalue weighted by molar-refractivity contribution is 0.325. The molecule has 0 fully saturated rings. The SMILES string of the molecule is CC(C)(C)c1ccc(CN2C(N)=C(C#N)N=C(N)C2C#N)cc1. The van der Waals surface area contributed by atoms with Crippen molar-refractivity contribution < 1.29 is 0 Å². The second kappa shape index (κ2) is 6.02. The number of rotatable bonds is 2. The minimum Gasteiger partial charge on any atom is -0.384 e. The molecule has 118 valence electrons. The van der Waals surface area contributed by atoms with Gasteiger partial charge in [0.05, 0.1) is 6.07 Å². The molecule has 1 unspecified atom stereocenters. The van der Waals surface area contributed by atoms with E-state index in [0.29, 0.717) is 6.54 Å². The highest BCUT2D eigenvalue weighted by atomic mass is 15.3. The highest BCUT2D eigenvalue weighted by Crippen LogP contribution is 2.24. The molecule has 0 spiro atoms. The van der Waals surface area contributed by atoms with Gasteiger partial charge in [-0.2, -0.15) is 10.5 Å². The summed E-state index contributed by atoms with van der Waals surface area (Å²) in [6.07, 6.45) is 0. The molecule has 2 rings (SSSR count). The van der Waals surface area contributed by atoms with Crippen molar-refractivity contribution in [1.82, 2.24) is 4.90 Å². The van der Waals surface area contributed by atoms with Gasteiger partial charge in [-0.05, 0) is 16.5 Å². The molecule has 4 N–H and O–H groups in total. The molecule has 1 heterocycles. The van der Waals surface area contributed by atoms with E-state index < -0.39 is 6.04 Å². The average molecular weight is 308 g/mol. The largest absolute Gasteiger partial charge is 0.384 e. The van der Waals surface area contributed by atoms with E-state index in [2.05, 4.69) is 44.0 Å². The number of nitrogens with two attached hydrogens (primary N) is 2. The fourth-order valence-electron chi connectivity index (χ4n) is 2.38. The van der Waals surface area contributed by atoms with Crippen molar-refractivity contribution in [2.24, 2.45) is 16.5 Å². The van der Waals surface area contributed by atoms with E-state index in [1.165, 1.54) is 5.56 Å². The first-order valence-electron chi connectivity index (χ1n) is 7.27. The van der Waals surface area contributed by atoms with E-state index >= 15 is 0 Å². The van der Waals surface area contributed by atoms with Crippen LogP contribution in [0.4, 0.5) is 0 Å². The molecule has 23 heavy (non-hydrogen) atoms. The topological polar surface area (TPSA) is 115 Å². The van der Waals surface area contributed by atoms with Crippen LogP contribution in [0.3, 0.4) is 0 Å². The van der Waals surface area contributed by atoms with Crippen LogP contribution in [-0.2, 0) is 12.0 Å². The summed E-state index contributed by atoms with van der Waals surface area (Å²) in [7, 11) is 0. The van der Waals surface area contributed by atoms with Crippen LogP contribution < -0.4 is 11.5 Å². The van der Waals surface area contributed by atoms with Gasteiger partial charge in [0.15, 0.2) is 11.7 Å². The van der Waals surface area contributed by atoms with Crippen LogP contribution >= 0.6 is 0 Å². The average Bonchev–Trinajstić information content (AvgIpc) is 2.50. The molecule has 1 aromatic rings. The van der Waals surface area contributed by atoms with Crippen molar-refractivity contribution in [2.45, 2.75) is 38.8 Å². The quantitative estimate of drug-likeness (QED) is 0.862. The van der Waals surface area contributed by atoms with Crippen LogP contribution in [0, 0.1) is 22.7 Å². The second-order valence-electron chi connectivity index (χ2n) is 6.49. The van der Waals surface area contributed by atoms with Crippen molar-refractivity contribution in [3.8, 4) is 12.1 Å². The fourth-order valence-corrected chi connectivity index (χ4v) is 2.38. The Morgan fingerprint density at radius 2 is 1.78 bits per heavy atom. The predicted molar refractivity (Wildman–Crippen MR) is 88.5 cm³/mol. The molecule has 0 aliphatic carbocycles. The number of hydrogen-bond acceptors (Lipinski definition) is 6. The van der Waals surface area contributed by atoms with Gasteiger partial charge in [-0.25, -0.2) is 4.99 Å². The normalized spacial score (nSPS) is 18.2. The van der Waals surface area contributed by atoms with Crippen LogP contribution in [0.25, 0.3) is 0 Å². The van der Waals surface area contributed by atoms with E-state index in [9.17, 15) is 5.26 Å². The Morgan fingerprint density at radius 3 is 2.26 bits per heavy atom. The molecule has 6 nitrogen and oxygen atoms in total.